The highest BCUT2D eigenvalue weighted by Gasteiger charge is 2.36. The second-order valence-electron chi connectivity index (χ2n) is 6.05. The molecule has 0 spiro atoms. The molecular weight excluding hydrogens is 397 g/mol. The molecule has 2 rings (SSSR count). The molecule has 140 valence electrons. The summed E-state index contributed by atoms with van der Waals surface area (Å²) in [4.78, 5) is 25.1. The number of rotatable bonds is 6. The number of halogens is 3. The number of hydrogen-bond acceptors (Lipinski definition) is 3. The molecule has 0 heterocycles. The van der Waals surface area contributed by atoms with Crippen molar-refractivity contribution in [1.29, 1.82) is 0 Å². The lowest BCUT2D eigenvalue weighted by Crippen LogP contribution is -2.39. The Bertz CT molecular complexity index is 699. The van der Waals surface area contributed by atoms with E-state index in [1.54, 1.807) is 6.92 Å². The molecule has 1 aromatic carbocycles. The maximum absolute atomic E-state index is 12.6. The minimum Gasteiger partial charge on any atom is -0.457 e. The monoisotopic (exact) mass is 415 g/mol. The van der Waals surface area contributed by atoms with Gasteiger partial charge in [0.2, 0.25) is 5.91 Å². The van der Waals surface area contributed by atoms with Gasteiger partial charge in [0, 0.05) is 6.54 Å². The first-order valence-electron chi connectivity index (χ1n) is 8.28. The molecule has 0 saturated carbocycles. The number of amides is 1. The van der Waals surface area contributed by atoms with E-state index in [0.29, 0.717) is 19.4 Å². The van der Waals surface area contributed by atoms with Crippen molar-refractivity contribution < 1.29 is 14.3 Å². The van der Waals surface area contributed by atoms with Gasteiger partial charge in [-0.1, -0.05) is 77.3 Å². The zero-order chi connectivity index (χ0) is 19.1. The molecule has 4 nitrogen and oxygen atoms in total. The second kappa shape index (κ2) is 10.0. The number of ether oxygens (including phenoxy) is 1. The molecule has 7 heteroatoms. The highest BCUT2D eigenvalue weighted by atomic mass is 35.5. The van der Waals surface area contributed by atoms with Crippen LogP contribution in [0.3, 0.4) is 0 Å². The van der Waals surface area contributed by atoms with Crippen LogP contribution in [-0.4, -0.2) is 18.0 Å². The largest absolute Gasteiger partial charge is 0.457 e. The van der Waals surface area contributed by atoms with Gasteiger partial charge in [0.25, 0.3) is 0 Å². The molecule has 1 N–H and O–H groups in total. The van der Waals surface area contributed by atoms with Gasteiger partial charge in [-0.15, -0.1) is 0 Å². The van der Waals surface area contributed by atoms with Crippen LogP contribution in [0.1, 0.15) is 25.3 Å². The lowest BCUT2D eigenvalue weighted by atomic mass is 9.82. The Morgan fingerprint density at radius 3 is 2.35 bits per heavy atom. The molecule has 1 aromatic rings. The van der Waals surface area contributed by atoms with Crippen molar-refractivity contribution in [3.63, 3.8) is 0 Å². The molecule has 0 aromatic heterocycles. The van der Waals surface area contributed by atoms with E-state index in [1.807, 2.05) is 42.5 Å². The van der Waals surface area contributed by atoms with Gasteiger partial charge in [0.05, 0.1) is 16.9 Å². The van der Waals surface area contributed by atoms with Gasteiger partial charge in [0.1, 0.15) is 10.6 Å². The lowest BCUT2D eigenvalue weighted by molar-refractivity contribution is -0.155. The zero-order valence-electron chi connectivity index (χ0n) is 14.3. The molecule has 0 bridgehead atoms. The van der Waals surface area contributed by atoms with E-state index in [2.05, 4.69) is 5.32 Å². The quantitative estimate of drug-likeness (QED) is 0.540. The number of hydrogen-bond donors (Lipinski definition) is 1. The van der Waals surface area contributed by atoms with Crippen LogP contribution in [0.15, 0.2) is 52.0 Å². The number of carbonyl (C=O) groups is 2. The normalized spacial score (nSPS) is 20.2. The van der Waals surface area contributed by atoms with E-state index in [9.17, 15) is 9.59 Å². The third-order valence-electron chi connectivity index (χ3n) is 4.21. The first-order valence-corrected chi connectivity index (χ1v) is 9.41. The van der Waals surface area contributed by atoms with Crippen LogP contribution in [0.5, 0.6) is 0 Å². The predicted molar refractivity (Wildman–Crippen MR) is 104 cm³/mol. The summed E-state index contributed by atoms with van der Waals surface area (Å²) in [5.74, 6) is -1.73. The lowest BCUT2D eigenvalue weighted by Gasteiger charge is -2.27. The minimum absolute atomic E-state index is 0.0538. The highest BCUT2D eigenvalue weighted by molar-refractivity contribution is 6.59. The van der Waals surface area contributed by atoms with Crippen LogP contribution in [0.25, 0.3) is 0 Å². The minimum atomic E-state index is -0.770. The van der Waals surface area contributed by atoms with Crippen LogP contribution in [0, 0.1) is 11.8 Å². The Balaban J connectivity index is 2.00. The van der Waals surface area contributed by atoms with E-state index in [1.165, 1.54) is 0 Å². The summed E-state index contributed by atoms with van der Waals surface area (Å²) in [6.07, 6.45) is 3.93. The Kier molecular flexibility index (Phi) is 8.01. The molecule has 1 aliphatic rings. The molecule has 0 fully saturated rings. The highest BCUT2D eigenvalue weighted by Crippen LogP contribution is 2.29. The molecule has 0 saturated heterocycles. The number of esters is 1. The van der Waals surface area contributed by atoms with Crippen molar-refractivity contribution in [2.45, 2.75) is 32.4 Å². The molecule has 0 radical (unpaired) electrons. The third-order valence-corrected chi connectivity index (χ3v) is 5.31. The van der Waals surface area contributed by atoms with Crippen molar-refractivity contribution in [3.8, 4) is 0 Å². The summed E-state index contributed by atoms with van der Waals surface area (Å²) < 4.78 is 5.20. The molecule has 0 aliphatic heterocycles. The molecule has 26 heavy (non-hydrogen) atoms. The maximum Gasteiger partial charge on any atom is 0.310 e. The SMILES string of the molecule is C[C@H](OC(=O)[C@H]1CC=CC[C@@H]1C(=O)NCc1ccccc1)C(Cl)=C(Cl)Cl. The van der Waals surface area contributed by atoms with Crippen LogP contribution >= 0.6 is 34.8 Å². The molecular formula is C19H20Cl3NO3. The summed E-state index contributed by atoms with van der Waals surface area (Å²) in [6.45, 7) is 1.99. The van der Waals surface area contributed by atoms with Gasteiger partial charge in [0.15, 0.2) is 0 Å². The number of carbonyl (C=O) groups excluding carboxylic acids is 2. The van der Waals surface area contributed by atoms with Gasteiger partial charge >= 0.3 is 5.97 Å². The number of allylic oxidation sites excluding steroid dienone is 2. The van der Waals surface area contributed by atoms with Gasteiger partial charge in [-0.05, 0) is 25.3 Å². The number of nitrogens with one attached hydrogen (secondary N) is 1. The fourth-order valence-corrected chi connectivity index (χ4v) is 3.10. The molecule has 0 unspecified atom stereocenters. The van der Waals surface area contributed by atoms with Crippen LogP contribution < -0.4 is 5.32 Å². The average molecular weight is 417 g/mol. The average Bonchev–Trinajstić information content (AvgIpc) is 2.66. The van der Waals surface area contributed by atoms with Gasteiger partial charge < -0.3 is 10.1 Å². The zero-order valence-corrected chi connectivity index (χ0v) is 16.5. The topological polar surface area (TPSA) is 55.4 Å². The van der Waals surface area contributed by atoms with Gasteiger partial charge in [-0.2, -0.15) is 0 Å². The standard InChI is InChI=1S/C19H20Cl3NO3/c1-12(16(20)17(21)22)26-19(25)15-10-6-5-9-14(15)18(24)23-11-13-7-3-2-4-8-13/h2-8,12,14-15H,9-11H2,1H3,(H,23,24)/t12-,14-,15-/m0/s1. The van der Waals surface area contributed by atoms with Crippen molar-refractivity contribution in [1.82, 2.24) is 5.32 Å². The van der Waals surface area contributed by atoms with Crippen LogP contribution in [0.4, 0.5) is 0 Å². The van der Waals surface area contributed by atoms with Gasteiger partial charge in [-0.25, -0.2) is 0 Å². The van der Waals surface area contributed by atoms with E-state index < -0.39 is 23.9 Å². The summed E-state index contributed by atoms with van der Waals surface area (Å²) in [5, 5.41) is 2.94. The van der Waals surface area contributed by atoms with E-state index in [0.717, 1.165) is 5.56 Å². The Morgan fingerprint density at radius 2 is 1.73 bits per heavy atom. The summed E-state index contributed by atoms with van der Waals surface area (Å²) in [5.41, 5.74) is 0.994. The van der Waals surface area contributed by atoms with E-state index in [4.69, 9.17) is 39.5 Å². The first kappa shape index (κ1) is 20.8. The smallest absolute Gasteiger partial charge is 0.310 e. The molecule has 3 atom stereocenters. The number of benzene rings is 1. The summed E-state index contributed by atoms with van der Waals surface area (Å²) in [6, 6.07) is 9.59. The fourth-order valence-electron chi connectivity index (χ4n) is 2.75. The maximum atomic E-state index is 12.6. The van der Waals surface area contributed by atoms with Crippen LogP contribution in [-0.2, 0) is 20.9 Å². The van der Waals surface area contributed by atoms with E-state index in [-0.39, 0.29) is 15.4 Å². The molecule has 1 amide bonds. The summed E-state index contributed by atoms with van der Waals surface area (Å²) in [7, 11) is 0. The van der Waals surface area contributed by atoms with E-state index >= 15 is 0 Å². The summed E-state index contributed by atoms with van der Waals surface area (Å²) >= 11 is 17.1. The predicted octanol–water partition coefficient (Wildman–Crippen LogP) is 4.70. The van der Waals surface area contributed by atoms with Crippen molar-refractivity contribution in [3.05, 3.63) is 57.6 Å². The molecule has 1 aliphatic carbocycles. The fraction of sp³-hybridized carbons (Fsp3) is 0.368. The van der Waals surface area contributed by atoms with Gasteiger partial charge in [-0.3, -0.25) is 9.59 Å². The second-order valence-corrected chi connectivity index (χ2v) is 7.40. The van der Waals surface area contributed by atoms with Crippen molar-refractivity contribution >= 4 is 46.7 Å². The Labute approximate surface area is 168 Å². The third kappa shape index (κ3) is 5.76. The van der Waals surface area contributed by atoms with Crippen LogP contribution in [0.2, 0.25) is 0 Å². The Morgan fingerprint density at radius 1 is 1.12 bits per heavy atom. The first-order chi connectivity index (χ1) is 12.4. The Hall–Kier alpha value is -1.49. The van der Waals surface area contributed by atoms with Crippen molar-refractivity contribution in [2.24, 2.45) is 11.8 Å². The van der Waals surface area contributed by atoms with Crippen molar-refractivity contribution in [2.75, 3.05) is 0 Å².